The third-order valence-electron chi connectivity index (χ3n) is 22.3. The lowest BCUT2D eigenvalue weighted by Crippen LogP contribution is -1.97. The molecule has 0 aliphatic rings. The smallest absolute Gasteiger partial charge is 0.159 e. The number of hydrogen-bond donors (Lipinski definition) is 0. The molecule has 0 N–H and O–H groups in total. The molecule has 0 fully saturated rings. The Labute approximate surface area is 726 Å². The lowest BCUT2D eigenvalue weighted by atomic mass is 9.93. The number of benzene rings is 16. The molecule has 6 heterocycles. The minimum absolute atomic E-state index is 0.0351. The van der Waals surface area contributed by atoms with Gasteiger partial charge in [-0.05, 0) is 177 Å². The molecule has 16 aromatic carbocycles. The molecule has 0 aliphatic heterocycles. The monoisotopic (exact) mass is 1590 g/mol. The Morgan fingerprint density at radius 2 is 0.460 bits per heavy atom. The fraction of sp³-hybridized carbons (Fsp3) is 0. The Balaban J connectivity index is 0.000000122. The van der Waals surface area contributed by atoms with Crippen molar-refractivity contribution in [3.8, 4) is 168 Å². The zero-order valence-electron chi connectivity index (χ0n) is 72.1. The summed E-state index contributed by atoms with van der Waals surface area (Å²) in [6.07, 6.45) is 16.5. The lowest BCUT2D eigenvalue weighted by Gasteiger charge is -2.14. The number of rotatable bonds is 15. The van der Waals surface area contributed by atoms with Crippen molar-refractivity contribution in [3.05, 3.63) is 468 Å². The molecule has 0 radical (unpaired) electrons. The standard InChI is InChI=1S/C45H29N3.C37H25N3.C33H23N3/c1-2-11-30(12-3-1)31-13-9-16-34(26-31)44-43(33-15-8-14-32(25-33)36-17-10-24-46-28-36)29-47-45(48-44)35-22-23-41-39-20-5-4-18-37(39)38-19-6-7-21-40(38)42(41)27-35;1-2-9-26(10-3-1)29-13-7-16-32(22-29)36-35(31-15-6-14-30(21-31)34-17-8-20-38-24-34)25-39-37(40-36)33-19-18-27-11-4-5-12-28(27)23-33;1-3-10-24(11-4-1)26-14-8-17-29(21-26)32-31(23-35-33(36-32)25-12-5-2-6-13-25)28-16-7-15-27(20-28)30-18-9-19-34-22-30/h1-29H;1-25H;1-23H/i;;2D,5D,6D,12D,13D. The zero-order valence-corrected chi connectivity index (χ0v) is 67.1. The first kappa shape index (κ1) is 70.3. The summed E-state index contributed by atoms with van der Waals surface area (Å²) in [5.74, 6) is 1.47. The van der Waals surface area contributed by atoms with E-state index in [1.165, 1.54) is 54.2 Å². The van der Waals surface area contributed by atoms with Crippen molar-refractivity contribution in [1.29, 1.82) is 0 Å². The van der Waals surface area contributed by atoms with Crippen molar-refractivity contribution in [3.63, 3.8) is 0 Å². The summed E-state index contributed by atoms with van der Waals surface area (Å²) in [4.78, 5) is 42.8. The van der Waals surface area contributed by atoms with E-state index in [1.54, 1.807) is 31.0 Å². The minimum Gasteiger partial charge on any atom is -0.264 e. The molecule has 582 valence electrons. The van der Waals surface area contributed by atoms with Crippen molar-refractivity contribution in [2.45, 2.75) is 0 Å². The van der Waals surface area contributed by atoms with Crippen molar-refractivity contribution in [2.75, 3.05) is 0 Å². The SMILES string of the molecule is [2H]c1c([2H])c([2H])c(-c2ncc(-c3cccc(-c4cccnc4)c3)c(-c3cccc(-c4ccccc4)c3)n2)c([2H])c1[2H].c1ccc(-c2cccc(-c3nc(-c4ccc5c6ccccc6c6ccccc6c5c4)ncc3-c3cccc(-c4cccnc4)c3)c2)cc1.c1ccc(-c2cccc(-c3nc(-c4ccc5ccccc5c4)ncc3-c3cccc(-c4cccnc4)c3)c2)cc1. The van der Waals surface area contributed by atoms with E-state index in [4.69, 9.17) is 31.8 Å². The summed E-state index contributed by atoms with van der Waals surface area (Å²) < 4.78 is 41.2. The maximum Gasteiger partial charge on any atom is 0.159 e. The van der Waals surface area contributed by atoms with Crippen LogP contribution in [0.3, 0.4) is 0 Å². The Morgan fingerprint density at radius 3 is 0.847 bits per heavy atom. The van der Waals surface area contributed by atoms with Gasteiger partial charge in [0.05, 0.1) is 23.9 Å². The highest BCUT2D eigenvalue weighted by molar-refractivity contribution is 6.25. The van der Waals surface area contributed by atoms with E-state index < -0.39 is 18.1 Å². The van der Waals surface area contributed by atoms with Crippen molar-refractivity contribution >= 4 is 43.1 Å². The third-order valence-corrected chi connectivity index (χ3v) is 22.3. The third kappa shape index (κ3) is 16.3. The molecule has 6 aromatic heterocycles. The number of aromatic nitrogens is 9. The van der Waals surface area contributed by atoms with Crippen LogP contribution in [0, 0.1) is 0 Å². The average molecular weight is 1590 g/mol. The Hall–Kier alpha value is -16.8. The fourth-order valence-corrected chi connectivity index (χ4v) is 16.2. The first-order valence-electron chi connectivity index (χ1n) is 43.6. The molecular formula is C115H77N9. The van der Waals surface area contributed by atoms with E-state index in [1.807, 2.05) is 140 Å². The van der Waals surface area contributed by atoms with Gasteiger partial charge in [0.25, 0.3) is 0 Å². The maximum absolute atomic E-state index is 8.48. The molecule has 9 nitrogen and oxygen atoms in total. The van der Waals surface area contributed by atoms with Crippen molar-refractivity contribution in [2.24, 2.45) is 0 Å². The summed E-state index contributed by atoms with van der Waals surface area (Å²) in [6.45, 7) is 0. The molecule has 0 saturated heterocycles. The summed E-state index contributed by atoms with van der Waals surface area (Å²) in [7, 11) is 0. The number of fused-ring (bicyclic) bond motifs is 7. The first-order chi connectivity index (χ1) is 63.5. The fourth-order valence-electron chi connectivity index (χ4n) is 16.2. The molecule has 124 heavy (non-hydrogen) atoms. The zero-order chi connectivity index (χ0) is 87.1. The van der Waals surface area contributed by atoms with Crippen LogP contribution in [0.15, 0.2) is 468 Å². The molecule has 0 atom stereocenters. The Kier molecular flexibility index (Phi) is 19.9. The normalized spacial score (nSPS) is 11.6. The van der Waals surface area contributed by atoms with Gasteiger partial charge < -0.3 is 0 Å². The predicted molar refractivity (Wildman–Crippen MR) is 511 cm³/mol. The van der Waals surface area contributed by atoms with Gasteiger partial charge in [0.1, 0.15) is 0 Å². The van der Waals surface area contributed by atoms with E-state index >= 15 is 0 Å². The van der Waals surface area contributed by atoms with E-state index in [0.29, 0.717) is 17.3 Å². The molecule has 9 heteroatoms. The highest BCUT2D eigenvalue weighted by Gasteiger charge is 2.21. The second-order valence-electron chi connectivity index (χ2n) is 30.1. The highest BCUT2D eigenvalue weighted by Crippen LogP contribution is 2.43. The van der Waals surface area contributed by atoms with E-state index in [0.717, 1.165) is 128 Å². The van der Waals surface area contributed by atoms with Crippen LogP contribution in [0.5, 0.6) is 0 Å². The lowest BCUT2D eigenvalue weighted by molar-refractivity contribution is 1.18. The molecule has 0 spiro atoms. The van der Waals surface area contributed by atoms with Gasteiger partial charge in [0, 0.05) is 123 Å². The molecule has 0 bridgehead atoms. The number of hydrogen-bond acceptors (Lipinski definition) is 9. The Bertz CT molecular complexity index is 7870. The van der Waals surface area contributed by atoms with Gasteiger partial charge in [-0.2, -0.15) is 0 Å². The van der Waals surface area contributed by atoms with Gasteiger partial charge in [0.15, 0.2) is 17.5 Å². The summed E-state index contributed by atoms with van der Waals surface area (Å²) in [5, 5.41) is 9.80. The van der Waals surface area contributed by atoms with Crippen LogP contribution in [0.4, 0.5) is 0 Å². The van der Waals surface area contributed by atoms with Crippen LogP contribution in [0.2, 0.25) is 0 Å². The van der Waals surface area contributed by atoms with Crippen LogP contribution >= 0.6 is 0 Å². The summed E-state index contributed by atoms with van der Waals surface area (Å²) in [6, 6.07) is 130. The Morgan fingerprint density at radius 1 is 0.169 bits per heavy atom. The van der Waals surface area contributed by atoms with Crippen molar-refractivity contribution in [1.82, 2.24) is 44.9 Å². The molecule has 0 saturated carbocycles. The molecule has 0 unspecified atom stereocenters. The van der Waals surface area contributed by atoms with Gasteiger partial charge in [-0.1, -0.05) is 346 Å². The molecule has 22 rings (SSSR count). The van der Waals surface area contributed by atoms with Gasteiger partial charge >= 0.3 is 0 Å². The van der Waals surface area contributed by atoms with E-state index in [2.05, 4.69) is 287 Å². The largest absolute Gasteiger partial charge is 0.264 e. The first-order valence-corrected chi connectivity index (χ1v) is 41.1. The van der Waals surface area contributed by atoms with Gasteiger partial charge in [-0.15, -0.1) is 0 Å². The van der Waals surface area contributed by atoms with E-state index in [-0.39, 0.29) is 23.5 Å². The van der Waals surface area contributed by atoms with Gasteiger partial charge in [-0.3, -0.25) is 15.0 Å². The highest BCUT2D eigenvalue weighted by atomic mass is 14.9. The average Bonchev–Trinajstić information content (AvgIpc) is 0.740. The second kappa shape index (κ2) is 35.0. The van der Waals surface area contributed by atoms with Gasteiger partial charge in [0.2, 0.25) is 0 Å². The van der Waals surface area contributed by atoms with Crippen molar-refractivity contribution < 1.29 is 6.85 Å². The summed E-state index contributed by atoms with van der Waals surface area (Å²) in [5.41, 5.74) is 25.9. The second-order valence-corrected chi connectivity index (χ2v) is 30.1. The van der Waals surface area contributed by atoms with E-state index in [9.17, 15) is 0 Å². The topological polar surface area (TPSA) is 116 Å². The van der Waals surface area contributed by atoms with Crippen LogP contribution in [-0.2, 0) is 0 Å². The minimum atomic E-state index is -0.455. The molecule has 22 aromatic rings. The predicted octanol–water partition coefficient (Wildman–Crippen LogP) is 29.2. The molecular weight excluding hydrogens is 1510 g/mol. The maximum atomic E-state index is 8.48. The molecule has 0 amide bonds. The quantitative estimate of drug-likeness (QED) is 0.0925. The van der Waals surface area contributed by atoms with Gasteiger partial charge in [-0.25, -0.2) is 29.9 Å². The number of pyridine rings is 3. The molecule has 0 aliphatic carbocycles. The van der Waals surface area contributed by atoms with Crippen LogP contribution in [-0.4, -0.2) is 44.9 Å². The number of nitrogens with zero attached hydrogens (tertiary/aromatic N) is 9. The van der Waals surface area contributed by atoms with Crippen LogP contribution in [0.1, 0.15) is 6.85 Å². The van der Waals surface area contributed by atoms with Crippen LogP contribution < -0.4 is 0 Å². The van der Waals surface area contributed by atoms with Crippen LogP contribution in [0.25, 0.3) is 211 Å². The summed E-state index contributed by atoms with van der Waals surface area (Å²) >= 11 is 0.